The minimum Gasteiger partial charge on any atom is -0.394 e. The van der Waals surface area contributed by atoms with Gasteiger partial charge in [0.05, 0.1) is 19.8 Å². The Morgan fingerprint density at radius 1 is 0.500 bits per heavy atom. The van der Waals surface area contributed by atoms with Gasteiger partial charge in [0.2, 0.25) is 0 Å². The summed E-state index contributed by atoms with van der Waals surface area (Å²) in [6.07, 6.45) is -24.7. The molecular weight excluding hydrogens is 472 g/mol. The maximum Gasteiger partial charge on any atom is 0.187 e. The van der Waals surface area contributed by atoms with E-state index in [4.69, 9.17) is 23.7 Å². The molecule has 15 atom stereocenters. The molecule has 3 fully saturated rings. The minimum atomic E-state index is -1.82. The number of hydrogen-bond donors (Lipinski definition) is 11. The number of aliphatic hydroxyl groups excluding tert-OH is 11. The van der Waals surface area contributed by atoms with E-state index in [1.54, 1.807) is 0 Å². The van der Waals surface area contributed by atoms with Crippen molar-refractivity contribution in [3.63, 3.8) is 0 Å². The molecule has 3 aliphatic heterocycles. The van der Waals surface area contributed by atoms with E-state index in [9.17, 15) is 56.2 Å². The predicted octanol–water partition coefficient (Wildman–Crippen LogP) is -7.57. The normalized spacial score (nSPS) is 52.5. The zero-order valence-electron chi connectivity index (χ0n) is 17.7. The van der Waals surface area contributed by atoms with Crippen molar-refractivity contribution >= 4 is 0 Å². The highest BCUT2D eigenvalue weighted by atomic mass is 16.7. The predicted molar refractivity (Wildman–Crippen MR) is 101 cm³/mol. The van der Waals surface area contributed by atoms with Gasteiger partial charge in [-0.15, -0.1) is 0 Å². The van der Waals surface area contributed by atoms with Crippen molar-refractivity contribution in [2.24, 2.45) is 0 Å². The van der Waals surface area contributed by atoms with E-state index in [2.05, 4.69) is 0 Å². The molecule has 11 N–H and O–H groups in total. The Morgan fingerprint density at radius 3 is 1.65 bits per heavy atom. The van der Waals surface area contributed by atoms with Crippen LogP contribution in [-0.4, -0.2) is 168 Å². The third kappa shape index (κ3) is 5.52. The molecule has 3 saturated heterocycles. The molecular formula is C18H32O16. The third-order valence-corrected chi connectivity index (χ3v) is 6.07. The van der Waals surface area contributed by atoms with Crippen LogP contribution in [0.4, 0.5) is 0 Å². The van der Waals surface area contributed by atoms with Gasteiger partial charge in [-0.1, -0.05) is 0 Å². The molecule has 0 aromatic rings. The molecule has 3 heterocycles. The summed E-state index contributed by atoms with van der Waals surface area (Å²) < 4.78 is 26.2. The van der Waals surface area contributed by atoms with Crippen LogP contribution in [0.25, 0.3) is 0 Å². The molecule has 0 aromatic heterocycles. The summed E-state index contributed by atoms with van der Waals surface area (Å²) >= 11 is 0. The highest BCUT2D eigenvalue weighted by Gasteiger charge is 2.51. The zero-order valence-corrected chi connectivity index (χ0v) is 17.7. The monoisotopic (exact) mass is 504 g/mol. The van der Waals surface area contributed by atoms with Crippen molar-refractivity contribution in [1.82, 2.24) is 0 Å². The maximum absolute atomic E-state index is 10.5. The Morgan fingerprint density at radius 2 is 1.03 bits per heavy atom. The van der Waals surface area contributed by atoms with Gasteiger partial charge in [-0.2, -0.15) is 0 Å². The van der Waals surface area contributed by atoms with E-state index in [0.29, 0.717) is 0 Å². The fraction of sp³-hybridized carbons (Fsp3) is 1.00. The van der Waals surface area contributed by atoms with Crippen molar-refractivity contribution in [3.05, 3.63) is 0 Å². The molecule has 0 aromatic carbocycles. The van der Waals surface area contributed by atoms with Crippen LogP contribution in [0.3, 0.4) is 0 Å². The fourth-order valence-electron chi connectivity index (χ4n) is 3.95. The molecule has 16 nitrogen and oxygen atoms in total. The molecule has 34 heavy (non-hydrogen) atoms. The Balaban J connectivity index is 1.63. The molecule has 3 aliphatic rings. The van der Waals surface area contributed by atoms with E-state index in [1.165, 1.54) is 0 Å². The van der Waals surface area contributed by atoms with Gasteiger partial charge in [-0.05, 0) is 0 Å². The van der Waals surface area contributed by atoms with E-state index >= 15 is 0 Å². The van der Waals surface area contributed by atoms with Gasteiger partial charge in [0.25, 0.3) is 0 Å². The molecule has 3 rings (SSSR count). The summed E-state index contributed by atoms with van der Waals surface area (Å²) in [5.41, 5.74) is 0. The molecule has 0 spiro atoms. The Hall–Kier alpha value is -0.640. The SMILES string of the molecule is OC[C@H]1O[C@H](O[C@H]2[C@H](O)[C@@H](O)[C@H](OC[C@H]3O[C@H](O)[C@H](O)[C@@H](O)[C@@H]3O)O[C@@H]2CO)[C@H](O)[C@@H](O)[C@@H]1O. The molecule has 16 heteroatoms. The number of ether oxygens (including phenoxy) is 5. The first-order chi connectivity index (χ1) is 16.0. The highest BCUT2D eigenvalue weighted by molar-refractivity contribution is 4.94. The number of rotatable bonds is 7. The lowest BCUT2D eigenvalue weighted by molar-refractivity contribution is -0.363. The van der Waals surface area contributed by atoms with Gasteiger partial charge < -0.3 is 79.9 Å². The van der Waals surface area contributed by atoms with Crippen LogP contribution in [-0.2, 0) is 23.7 Å². The van der Waals surface area contributed by atoms with Gasteiger partial charge in [-0.3, -0.25) is 0 Å². The summed E-state index contributed by atoms with van der Waals surface area (Å²) in [6, 6.07) is 0. The number of aliphatic hydroxyl groups is 11. The first kappa shape index (κ1) is 27.9. The van der Waals surface area contributed by atoms with Gasteiger partial charge in [-0.25, -0.2) is 0 Å². The Labute approximate surface area is 192 Å². The second-order valence-electron chi connectivity index (χ2n) is 8.37. The van der Waals surface area contributed by atoms with E-state index in [1.807, 2.05) is 0 Å². The summed E-state index contributed by atoms with van der Waals surface area (Å²) in [7, 11) is 0. The van der Waals surface area contributed by atoms with Crippen molar-refractivity contribution in [2.75, 3.05) is 19.8 Å². The fourth-order valence-corrected chi connectivity index (χ4v) is 3.95. The van der Waals surface area contributed by atoms with E-state index < -0.39 is 112 Å². The van der Waals surface area contributed by atoms with Crippen LogP contribution in [0.1, 0.15) is 0 Å². The number of hydrogen-bond acceptors (Lipinski definition) is 16. The van der Waals surface area contributed by atoms with E-state index in [-0.39, 0.29) is 0 Å². The molecule has 0 unspecified atom stereocenters. The molecule has 0 amide bonds. The summed E-state index contributed by atoms with van der Waals surface area (Å²) in [6.45, 7) is -2.09. The quantitative estimate of drug-likeness (QED) is 0.154. The second-order valence-corrected chi connectivity index (χ2v) is 8.37. The van der Waals surface area contributed by atoms with Crippen LogP contribution in [0.2, 0.25) is 0 Å². The van der Waals surface area contributed by atoms with Gasteiger partial charge in [0.1, 0.15) is 73.2 Å². The first-order valence-electron chi connectivity index (χ1n) is 10.6. The van der Waals surface area contributed by atoms with Gasteiger partial charge in [0.15, 0.2) is 18.9 Å². The second kappa shape index (κ2) is 11.6. The lowest BCUT2D eigenvalue weighted by Crippen LogP contribution is -2.65. The summed E-state index contributed by atoms with van der Waals surface area (Å²) in [5.74, 6) is 0. The van der Waals surface area contributed by atoms with Crippen molar-refractivity contribution in [1.29, 1.82) is 0 Å². The topological polar surface area (TPSA) is 269 Å². The minimum absolute atomic E-state index is 0.577. The van der Waals surface area contributed by atoms with Crippen molar-refractivity contribution in [3.8, 4) is 0 Å². The third-order valence-electron chi connectivity index (χ3n) is 6.07. The molecule has 200 valence electrons. The molecule has 0 radical (unpaired) electrons. The Bertz CT molecular complexity index is 637. The lowest BCUT2D eigenvalue weighted by Gasteiger charge is -2.46. The zero-order chi connectivity index (χ0) is 25.3. The molecule has 0 bridgehead atoms. The van der Waals surface area contributed by atoms with Crippen LogP contribution >= 0.6 is 0 Å². The van der Waals surface area contributed by atoms with Gasteiger partial charge >= 0.3 is 0 Å². The average molecular weight is 504 g/mol. The standard InChI is InChI=1S/C18H32O16/c19-1-4-7(21)10(24)13(27)18(32-4)34-15-5(2-20)33-17(14(28)11(15)25)30-3-6-8(22)9(23)12(26)16(29)31-6/h4-29H,1-3H2/t4-,5-,6-,7-,8-,9+,10+,11-,12-,13-,14-,15-,16+,17-,18-/m1/s1. The molecule has 0 saturated carbocycles. The molecule has 0 aliphatic carbocycles. The van der Waals surface area contributed by atoms with Crippen LogP contribution in [0, 0.1) is 0 Å². The van der Waals surface area contributed by atoms with Crippen LogP contribution < -0.4 is 0 Å². The highest BCUT2D eigenvalue weighted by Crippen LogP contribution is 2.30. The lowest BCUT2D eigenvalue weighted by atomic mass is 9.97. The Kier molecular flexibility index (Phi) is 9.54. The average Bonchev–Trinajstić information content (AvgIpc) is 2.83. The largest absolute Gasteiger partial charge is 0.394 e. The van der Waals surface area contributed by atoms with E-state index in [0.717, 1.165) is 0 Å². The first-order valence-corrected chi connectivity index (χ1v) is 10.6. The smallest absolute Gasteiger partial charge is 0.187 e. The van der Waals surface area contributed by atoms with Crippen LogP contribution in [0.15, 0.2) is 0 Å². The van der Waals surface area contributed by atoms with Crippen LogP contribution in [0.5, 0.6) is 0 Å². The summed E-state index contributed by atoms with van der Waals surface area (Å²) in [4.78, 5) is 0. The van der Waals surface area contributed by atoms with Crippen molar-refractivity contribution < 1.29 is 79.9 Å². The maximum atomic E-state index is 10.5. The van der Waals surface area contributed by atoms with Gasteiger partial charge in [0, 0.05) is 0 Å². The summed E-state index contributed by atoms with van der Waals surface area (Å²) in [5, 5.41) is 109. The van der Waals surface area contributed by atoms with Crippen molar-refractivity contribution in [2.45, 2.75) is 92.1 Å².